The summed E-state index contributed by atoms with van der Waals surface area (Å²) in [6, 6.07) is 19.8. The van der Waals surface area contributed by atoms with Crippen molar-refractivity contribution in [1.82, 2.24) is 15.6 Å². The number of thiazole rings is 1. The number of aliphatic hydroxyl groups is 1. The van der Waals surface area contributed by atoms with Gasteiger partial charge in [-0.25, -0.2) is 0 Å². The van der Waals surface area contributed by atoms with E-state index in [2.05, 4.69) is 45.9 Å². The van der Waals surface area contributed by atoms with Crippen LogP contribution in [0.5, 0.6) is 11.5 Å². The number of benzene rings is 3. The summed E-state index contributed by atoms with van der Waals surface area (Å²) in [5.74, 6) is 0.956. The van der Waals surface area contributed by atoms with Crippen LogP contribution in [0.2, 0.25) is 0 Å². The molecule has 1 heterocycles. The van der Waals surface area contributed by atoms with Crippen molar-refractivity contribution >= 4 is 21.6 Å². The first-order valence-electron chi connectivity index (χ1n) is 11.8. The quantitative estimate of drug-likeness (QED) is 0.193. The number of H-pyrrole nitrogens is 1. The minimum absolute atomic E-state index is 0.0393. The van der Waals surface area contributed by atoms with Crippen molar-refractivity contribution in [2.24, 2.45) is 0 Å². The molecule has 0 saturated carbocycles. The third kappa shape index (κ3) is 6.70. The maximum atomic E-state index is 11.7. The molecule has 0 bridgehead atoms. The molecule has 1 unspecified atom stereocenters. The Morgan fingerprint density at radius 2 is 1.86 bits per heavy atom. The molecule has 3 aromatic carbocycles. The van der Waals surface area contributed by atoms with Gasteiger partial charge in [0.05, 0.1) is 11.3 Å². The van der Waals surface area contributed by atoms with Crippen LogP contribution in [0.15, 0.2) is 65.5 Å². The van der Waals surface area contributed by atoms with Crippen molar-refractivity contribution in [1.29, 1.82) is 0 Å². The van der Waals surface area contributed by atoms with Crippen molar-refractivity contribution in [3.05, 3.63) is 92.6 Å². The zero-order valence-corrected chi connectivity index (χ0v) is 20.5. The van der Waals surface area contributed by atoms with Gasteiger partial charge in [-0.1, -0.05) is 59.9 Å². The van der Waals surface area contributed by atoms with E-state index in [1.807, 2.05) is 25.1 Å². The van der Waals surface area contributed by atoms with Gasteiger partial charge in [0.15, 0.2) is 0 Å². The van der Waals surface area contributed by atoms with Gasteiger partial charge in [-0.05, 0) is 42.2 Å². The Bertz CT molecular complexity index is 1320. The molecule has 1 aromatic heterocycles. The maximum absolute atomic E-state index is 11.7. The van der Waals surface area contributed by atoms with Crippen molar-refractivity contribution < 1.29 is 14.9 Å². The van der Waals surface area contributed by atoms with E-state index in [4.69, 9.17) is 4.74 Å². The van der Waals surface area contributed by atoms with Crippen molar-refractivity contribution in [2.75, 3.05) is 13.2 Å². The molecule has 0 spiro atoms. The van der Waals surface area contributed by atoms with E-state index in [1.54, 1.807) is 12.1 Å². The summed E-state index contributed by atoms with van der Waals surface area (Å²) in [6.07, 6.45) is 0.369. The smallest absolute Gasteiger partial charge is 0.305 e. The van der Waals surface area contributed by atoms with Gasteiger partial charge in [0.1, 0.15) is 23.2 Å². The average molecular weight is 494 g/mol. The number of hydrogen-bond acceptors (Lipinski definition) is 7. The fourth-order valence-corrected chi connectivity index (χ4v) is 4.96. The lowest BCUT2D eigenvalue weighted by molar-refractivity contribution is 0.138. The summed E-state index contributed by atoms with van der Waals surface area (Å²) >= 11 is 1.04. The van der Waals surface area contributed by atoms with E-state index in [1.165, 1.54) is 11.1 Å². The molecule has 184 valence electrons. The Morgan fingerprint density at radius 3 is 2.71 bits per heavy atom. The lowest BCUT2D eigenvalue weighted by Crippen LogP contribution is -2.32. The number of ether oxygens (including phenoxy) is 1. The number of fused-ring (bicyclic) bond motifs is 1. The molecule has 0 amide bonds. The van der Waals surface area contributed by atoms with E-state index in [0.29, 0.717) is 29.8 Å². The summed E-state index contributed by atoms with van der Waals surface area (Å²) in [6.45, 7) is 4.73. The SMILES string of the molecule is CCOc1ccccc1CNCc1cccc(CCNC(O)Cc2ccc(O)c3[nH]c(=O)sc23)c1. The number of aliphatic hydroxyl groups excluding tert-OH is 1. The number of phenols is 1. The Morgan fingerprint density at radius 1 is 1.03 bits per heavy atom. The van der Waals surface area contributed by atoms with E-state index in [0.717, 1.165) is 47.7 Å². The largest absolute Gasteiger partial charge is 0.506 e. The number of aromatic amines is 1. The van der Waals surface area contributed by atoms with Gasteiger partial charge in [-0.3, -0.25) is 10.1 Å². The third-order valence-corrected chi connectivity index (χ3v) is 6.71. The standard InChI is InChI=1S/C27H31N3O4S/c1-2-34-23-9-4-3-8-21(23)17-28-16-19-7-5-6-18(14-19)12-13-29-24(32)15-20-10-11-22(31)25-26(20)35-27(33)30-25/h3-11,14,24,28-29,31-32H,2,12-13,15-17H2,1H3,(H,30,33). The van der Waals surface area contributed by atoms with Crippen LogP contribution in [0.4, 0.5) is 0 Å². The number of phenolic OH excluding ortho intramolecular Hbond substituents is 1. The van der Waals surface area contributed by atoms with E-state index >= 15 is 0 Å². The van der Waals surface area contributed by atoms with Gasteiger partial charge in [0.2, 0.25) is 0 Å². The van der Waals surface area contributed by atoms with Crippen LogP contribution < -0.4 is 20.2 Å². The Hall–Kier alpha value is -3.17. The molecule has 0 aliphatic carbocycles. The minimum atomic E-state index is -0.754. The van der Waals surface area contributed by atoms with Gasteiger partial charge in [-0.15, -0.1) is 0 Å². The number of aromatic nitrogens is 1. The Kier molecular flexibility index (Phi) is 8.54. The predicted molar refractivity (Wildman–Crippen MR) is 140 cm³/mol. The van der Waals surface area contributed by atoms with Crippen LogP contribution in [-0.2, 0) is 25.9 Å². The van der Waals surface area contributed by atoms with Gasteiger partial charge in [-0.2, -0.15) is 0 Å². The number of para-hydroxylation sites is 1. The molecule has 0 radical (unpaired) electrons. The Labute approximate surface area is 208 Å². The molecular weight excluding hydrogens is 462 g/mol. The molecule has 5 N–H and O–H groups in total. The molecule has 1 atom stereocenters. The van der Waals surface area contributed by atoms with E-state index < -0.39 is 6.23 Å². The van der Waals surface area contributed by atoms with Crippen LogP contribution in [0.25, 0.3) is 10.2 Å². The predicted octanol–water partition coefficient (Wildman–Crippen LogP) is 3.68. The van der Waals surface area contributed by atoms with Crippen molar-refractivity contribution in [3.63, 3.8) is 0 Å². The second kappa shape index (κ2) is 12.0. The molecule has 0 aliphatic rings. The summed E-state index contributed by atoms with van der Waals surface area (Å²) in [4.78, 5) is 14.1. The lowest BCUT2D eigenvalue weighted by atomic mass is 10.1. The van der Waals surface area contributed by atoms with Crippen LogP contribution in [-0.4, -0.2) is 34.6 Å². The molecule has 4 rings (SSSR count). The highest BCUT2D eigenvalue weighted by Crippen LogP contribution is 2.28. The fraction of sp³-hybridized carbons (Fsp3) is 0.296. The van der Waals surface area contributed by atoms with Gasteiger partial charge in [0, 0.05) is 31.6 Å². The highest BCUT2D eigenvalue weighted by molar-refractivity contribution is 7.16. The molecular formula is C27H31N3O4S. The minimum Gasteiger partial charge on any atom is -0.506 e. The fourth-order valence-electron chi connectivity index (χ4n) is 4.08. The second-order valence-corrected chi connectivity index (χ2v) is 9.33. The molecule has 8 heteroatoms. The zero-order valence-electron chi connectivity index (χ0n) is 19.7. The van der Waals surface area contributed by atoms with Crippen molar-refractivity contribution in [3.8, 4) is 11.5 Å². The second-order valence-electron chi connectivity index (χ2n) is 8.35. The zero-order chi connectivity index (χ0) is 24.6. The number of aromatic hydroxyl groups is 1. The van der Waals surface area contributed by atoms with Gasteiger partial charge in [0.25, 0.3) is 0 Å². The van der Waals surface area contributed by atoms with Crippen LogP contribution >= 0.6 is 11.3 Å². The van der Waals surface area contributed by atoms with Gasteiger partial charge < -0.3 is 25.3 Å². The molecule has 0 fully saturated rings. The molecule has 4 aromatic rings. The number of nitrogens with one attached hydrogen (secondary N) is 3. The monoisotopic (exact) mass is 493 g/mol. The normalized spacial score (nSPS) is 12.2. The maximum Gasteiger partial charge on any atom is 0.305 e. The lowest BCUT2D eigenvalue weighted by Gasteiger charge is -2.14. The number of hydrogen-bond donors (Lipinski definition) is 5. The molecule has 7 nitrogen and oxygen atoms in total. The molecule has 0 aliphatic heterocycles. The first kappa shape index (κ1) is 24.9. The van der Waals surface area contributed by atoms with Crippen molar-refractivity contribution in [2.45, 2.75) is 39.1 Å². The van der Waals surface area contributed by atoms with Crippen LogP contribution in [0.1, 0.15) is 29.2 Å². The van der Waals surface area contributed by atoms with E-state index in [-0.39, 0.29) is 10.6 Å². The Balaban J connectivity index is 1.26. The first-order chi connectivity index (χ1) is 17.0. The molecule has 0 saturated heterocycles. The molecule has 35 heavy (non-hydrogen) atoms. The summed E-state index contributed by atoms with van der Waals surface area (Å²) in [5, 5.41) is 27.0. The van der Waals surface area contributed by atoms with Crippen LogP contribution in [0, 0.1) is 0 Å². The van der Waals surface area contributed by atoms with Crippen LogP contribution in [0.3, 0.4) is 0 Å². The third-order valence-electron chi connectivity index (χ3n) is 5.75. The average Bonchev–Trinajstić information content (AvgIpc) is 3.25. The number of rotatable bonds is 12. The summed E-state index contributed by atoms with van der Waals surface area (Å²) < 4.78 is 6.37. The van der Waals surface area contributed by atoms with Gasteiger partial charge >= 0.3 is 4.87 Å². The highest BCUT2D eigenvalue weighted by Gasteiger charge is 2.13. The summed E-state index contributed by atoms with van der Waals surface area (Å²) in [7, 11) is 0. The topological polar surface area (TPSA) is 107 Å². The first-order valence-corrected chi connectivity index (χ1v) is 12.6. The summed E-state index contributed by atoms with van der Waals surface area (Å²) in [5.41, 5.74) is 4.78. The highest BCUT2D eigenvalue weighted by atomic mass is 32.1. The van der Waals surface area contributed by atoms with E-state index in [9.17, 15) is 15.0 Å².